The maximum absolute atomic E-state index is 15.0. The molecular formula is C46H41N7O16. The van der Waals surface area contributed by atoms with Crippen molar-refractivity contribution in [1.82, 2.24) is 26.6 Å². The molecule has 0 spiro atoms. The number of phenols is 4. The van der Waals surface area contributed by atoms with Crippen molar-refractivity contribution in [3.8, 4) is 57.1 Å². The van der Waals surface area contributed by atoms with Gasteiger partial charge in [-0.2, -0.15) is 0 Å². The highest BCUT2D eigenvalue weighted by Crippen LogP contribution is 2.46. The van der Waals surface area contributed by atoms with Crippen LogP contribution in [0.25, 0.3) is 11.1 Å². The fourth-order valence-electron chi connectivity index (χ4n) is 8.05. The van der Waals surface area contributed by atoms with Gasteiger partial charge in [-0.15, -0.1) is 0 Å². The summed E-state index contributed by atoms with van der Waals surface area (Å²) in [6, 6.07) is 5.90. The molecule has 8 atom stereocenters. The standard InChI is InChI=1S/C46H41N7O16/c47-31(57)16-26-41(61)50-35-20-12-29(68-22-6-1-17(2-7-22)38(58)33(48)42(62)49-26)40(60)30(13-20)69-23-8-3-18(4-9-23)39(59)37-45(65)52-36(46(66)67)25-14-21(54)15-28(56)32(25)24-11-19(5-10-27(24)55)34(43(63)53-37)51-44(35)64/h1-15,26,33-39,54-56,58-60H,16,48H2,(H2,47,57)(H,49,62)(H,50,61)(H,51,64)(H,52,65)(H,53,63)(H,66,67)/t26-,33+,34+,35+,36-,37-,38+,39+/m0/s1. The highest BCUT2D eigenvalue weighted by Gasteiger charge is 2.40. The van der Waals surface area contributed by atoms with Gasteiger partial charge in [-0.25, -0.2) is 4.79 Å². The topological polar surface area (TPSA) is 392 Å². The number of aliphatic carboxylic acids is 1. The van der Waals surface area contributed by atoms with Gasteiger partial charge in [0.2, 0.25) is 41.2 Å². The average Bonchev–Trinajstić information content (AvgIpc) is 3.30. The molecule has 356 valence electrons. The summed E-state index contributed by atoms with van der Waals surface area (Å²) in [5.41, 5.74) is 9.88. The number of carboxylic acid groups (broad SMARTS) is 1. The predicted octanol–water partition coefficient (Wildman–Crippen LogP) is 0.297. The Morgan fingerprint density at radius 2 is 1.13 bits per heavy atom. The molecule has 0 radical (unpaired) electrons. The van der Waals surface area contributed by atoms with Crippen LogP contribution in [0.5, 0.6) is 46.0 Å². The molecule has 5 aromatic rings. The zero-order chi connectivity index (χ0) is 49.6. The van der Waals surface area contributed by atoms with E-state index in [2.05, 4.69) is 26.6 Å². The summed E-state index contributed by atoms with van der Waals surface area (Å²) in [6.45, 7) is 0. The van der Waals surface area contributed by atoms with E-state index in [9.17, 15) is 64.5 Å². The molecule has 0 saturated heterocycles. The number of carbonyl (C=O) groups is 7. The van der Waals surface area contributed by atoms with Crippen molar-refractivity contribution in [1.29, 1.82) is 0 Å². The van der Waals surface area contributed by atoms with E-state index in [0.717, 1.165) is 42.5 Å². The fraction of sp³-hybridized carbons (Fsp3) is 0.196. The Labute approximate surface area is 388 Å². The molecular weight excluding hydrogens is 907 g/mol. The van der Waals surface area contributed by atoms with Crippen molar-refractivity contribution in [2.75, 3.05) is 0 Å². The summed E-state index contributed by atoms with van der Waals surface area (Å²) in [5, 5.41) is 89.6. The lowest BCUT2D eigenvalue weighted by Gasteiger charge is -2.31. The van der Waals surface area contributed by atoms with E-state index in [1.54, 1.807) is 0 Å². The Kier molecular flexibility index (Phi) is 12.4. The van der Waals surface area contributed by atoms with Crippen LogP contribution in [0.4, 0.5) is 0 Å². The molecule has 16 N–H and O–H groups in total. The average molecular weight is 948 g/mol. The second-order valence-corrected chi connectivity index (χ2v) is 16.2. The number of rotatable bonds is 3. The number of ether oxygens (including phenoxy) is 2. The molecule has 23 nitrogen and oxygen atoms in total. The third kappa shape index (κ3) is 9.27. The normalized spacial score (nSPS) is 23.6. The quantitative estimate of drug-likeness (QED) is 0.116. The van der Waals surface area contributed by atoms with Crippen molar-refractivity contribution < 1.29 is 78.8 Å². The number of aromatic hydroxyl groups is 4. The molecule has 0 aliphatic carbocycles. The second-order valence-electron chi connectivity index (χ2n) is 16.2. The number of carboxylic acids is 1. The number of nitrogens with two attached hydrogens (primary N) is 2. The number of primary amides is 1. The molecule has 69 heavy (non-hydrogen) atoms. The van der Waals surface area contributed by atoms with Gasteiger partial charge in [0.25, 0.3) is 0 Å². The first-order chi connectivity index (χ1) is 32.8. The van der Waals surface area contributed by atoms with Gasteiger partial charge in [-0.3, -0.25) is 28.8 Å². The van der Waals surface area contributed by atoms with E-state index in [4.69, 9.17) is 20.9 Å². The van der Waals surface area contributed by atoms with Crippen LogP contribution in [0.2, 0.25) is 0 Å². The van der Waals surface area contributed by atoms with Crippen LogP contribution in [0, 0.1) is 0 Å². The molecule has 5 aliphatic heterocycles. The number of aliphatic hydroxyl groups excluding tert-OH is 2. The maximum atomic E-state index is 15.0. The molecule has 23 heteroatoms. The van der Waals surface area contributed by atoms with Crippen LogP contribution in [0.3, 0.4) is 0 Å². The van der Waals surface area contributed by atoms with Crippen LogP contribution >= 0.6 is 0 Å². The highest BCUT2D eigenvalue weighted by atomic mass is 16.5. The zero-order valence-corrected chi connectivity index (χ0v) is 35.4. The first kappa shape index (κ1) is 46.6. The minimum atomic E-state index is -2.12. The van der Waals surface area contributed by atoms with E-state index in [1.807, 2.05) is 0 Å². The van der Waals surface area contributed by atoms with E-state index in [-0.39, 0.29) is 45.1 Å². The molecule has 11 bridgehead atoms. The lowest BCUT2D eigenvalue weighted by Crippen LogP contribution is -2.56. The summed E-state index contributed by atoms with van der Waals surface area (Å²) in [7, 11) is 0. The van der Waals surface area contributed by atoms with Crippen molar-refractivity contribution >= 4 is 41.4 Å². The fourth-order valence-corrected chi connectivity index (χ4v) is 8.05. The van der Waals surface area contributed by atoms with Crippen LogP contribution in [0.1, 0.15) is 64.6 Å². The van der Waals surface area contributed by atoms with Crippen LogP contribution in [-0.2, 0) is 33.6 Å². The van der Waals surface area contributed by atoms with Gasteiger partial charge in [0.1, 0.15) is 71.2 Å². The number of benzene rings is 5. The Bertz CT molecular complexity index is 2950. The predicted molar refractivity (Wildman–Crippen MR) is 234 cm³/mol. The molecule has 5 aromatic carbocycles. The number of hydrogen-bond donors (Lipinski definition) is 14. The minimum Gasteiger partial charge on any atom is -0.508 e. The SMILES string of the molecule is NC(=O)C[C@@H]1NC(=O)[C@H](N)[C@H](O)c2ccc(cc2)Oc2cc3cc(c2O)Oc2ccc(cc2)[C@@H](O)[C@@H]2NC(=O)[C@H](NC(=O)[C@@H]3NC1=O)c1ccc(O)c(c1)-c1c(O)cc(O)cc1[C@@H](C(=O)O)NC2=O. The zero-order valence-electron chi connectivity index (χ0n) is 35.4. The van der Waals surface area contributed by atoms with Crippen molar-refractivity contribution in [3.05, 3.63) is 119 Å². The molecule has 0 saturated carbocycles. The summed E-state index contributed by atoms with van der Waals surface area (Å²) in [5.74, 6) is -12.6. The van der Waals surface area contributed by atoms with E-state index in [0.29, 0.717) is 0 Å². The molecule has 5 aliphatic rings. The van der Waals surface area contributed by atoms with Gasteiger partial charge in [0.15, 0.2) is 17.5 Å². The molecule has 0 aromatic heterocycles. The van der Waals surface area contributed by atoms with Crippen molar-refractivity contribution in [2.24, 2.45) is 11.5 Å². The van der Waals surface area contributed by atoms with Crippen molar-refractivity contribution in [2.45, 2.75) is 54.9 Å². The van der Waals surface area contributed by atoms with Crippen molar-refractivity contribution in [3.63, 3.8) is 0 Å². The Hall–Kier alpha value is -8.93. The molecule has 5 heterocycles. The maximum Gasteiger partial charge on any atom is 0.330 e. The summed E-state index contributed by atoms with van der Waals surface area (Å²) in [4.78, 5) is 97.0. The Morgan fingerprint density at radius 3 is 1.72 bits per heavy atom. The first-order valence-corrected chi connectivity index (χ1v) is 20.7. The van der Waals surface area contributed by atoms with Crippen LogP contribution in [-0.4, -0.2) is 95.3 Å². The number of aliphatic hydroxyl groups is 2. The lowest BCUT2D eigenvalue weighted by atomic mass is 9.89. The third-order valence-electron chi connectivity index (χ3n) is 11.6. The highest BCUT2D eigenvalue weighted by molar-refractivity contribution is 5.99. The van der Waals surface area contributed by atoms with E-state index < -0.39 is 136 Å². The molecule has 0 fully saturated rings. The summed E-state index contributed by atoms with van der Waals surface area (Å²) >= 11 is 0. The van der Waals surface area contributed by atoms with E-state index in [1.165, 1.54) is 48.5 Å². The second kappa shape index (κ2) is 18.4. The van der Waals surface area contributed by atoms with E-state index >= 15 is 4.79 Å². The van der Waals surface area contributed by atoms with Gasteiger partial charge in [0.05, 0.1) is 6.42 Å². The number of phenolic OH excluding ortho intramolecular Hbond substituents is 4. The van der Waals surface area contributed by atoms with Crippen LogP contribution in [0.15, 0.2) is 91.0 Å². The molecule has 10 rings (SSSR count). The minimum absolute atomic E-state index is 0.0330. The van der Waals surface area contributed by atoms with Gasteiger partial charge >= 0.3 is 5.97 Å². The van der Waals surface area contributed by atoms with Gasteiger partial charge in [0, 0.05) is 22.8 Å². The Balaban J connectivity index is 1.37. The largest absolute Gasteiger partial charge is 0.508 e. The molecule has 6 amide bonds. The first-order valence-electron chi connectivity index (χ1n) is 20.7. The number of amides is 6. The van der Waals surface area contributed by atoms with Gasteiger partial charge in [-0.1, -0.05) is 30.3 Å². The lowest BCUT2D eigenvalue weighted by molar-refractivity contribution is -0.143. The molecule has 0 unspecified atom stereocenters. The van der Waals surface area contributed by atoms with Crippen LogP contribution < -0.4 is 47.5 Å². The monoisotopic (exact) mass is 947 g/mol. The summed E-state index contributed by atoms with van der Waals surface area (Å²) < 4.78 is 12.1. The number of nitrogens with one attached hydrogen (secondary N) is 5. The number of carbonyl (C=O) groups excluding carboxylic acids is 6. The Morgan fingerprint density at radius 1 is 0.580 bits per heavy atom. The number of hydrogen-bond acceptors (Lipinski definition) is 16. The smallest absolute Gasteiger partial charge is 0.330 e. The number of fused-ring (bicyclic) bond motifs is 15. The third-order valence-corrected chi connectivity index (χ3v) is 11.6. The van der Waals surface area contributed by atoms with Gasteiger partial charge < -0.3 is 83.3 Å². The van der Waals surface area contributed by atoms with Gasteiger partial charge in [-0.05, 0) is 76.9 Å². The summed E-state index contributed by atoms with van der Waals surface area (Å²) in [6.07, 6.45) is -4.55.